The number of hydrogen-bond acceptors (Lipinski definition) is 3. The molecule has 0 atom stereocenters. The molecule has 0 amide bonds. The van der Waals surface area contributed by atoms with Crippen LogP contribution in [0.3, 0.4) is 0 Å². The number of carbonyl (C=O) groups is 1. The normalized spacial score (nSPS) is 15.2. The fourth-order valence-corrected chi connectivity index (χ4v) is 3.10. The smallest absolute Gasteiger partial charge is 0.221 e. The van der Waals surface area contributed by atoms with Gasteiger partial charge in [-0.15, -0.1) is 0 Å². The van der Waals surface area contributed by atoms with Crippen LogP contribution < -0.4 is 0 Å². The van der Waals surface area contributed by atoms with Crippen molar-refractivity contribution in [2.24, 2.45) is 0 Å². The SMILES string of the molecule is C1CSSC1.CCCCC(=O)Cl. The quantitative estimate of drug-likeness (QED) is 0.540. The van der Waals surface area contributed by atoms with Gasteiger partial charge in [-0.05, 0) is 24.4 Å². The topological polar surface area (TPSA) is 17.1 Å². The van der Waals surface area contributed by atoms with Crippen LogP contribution in [0, 0.1) is 0 Å². The Morgan fingerprint density at radius 2 is 2.00 bits per heavy atom. The molecule has 0 aliphatic carbocycles. The largest absolute Gasteiger partial charge is 0.281 e. The number of halogens is 1. The summed E-state index contributed by atoms with van der Waals surface area (Å²) < 4.78 is 0. The first kappa shape index (κ1) is 12.7. The number of hydrogen-bond donors (Lipinski definition) is 0. The first-order valence-electron chi connectivity index (χ1n) is 4.20. The van der Waals surface area contributed by atoms with Crippen molar-refractivity contribution in [3.05, 3.63) is 0 Å². The molecule has 72 valence electrons. The second kappa shape index (κ2) is 9.75. The summed E-state index contributed by atoms with van der Waals surface area (Å²) in [5.74, 6) is 2.76. The maximum absolute atomic E-state index is 9.97. The molecule has 1 rings (SSSR count). The third-order valence-corrected chi connectivity index (χ3v) is 4.03. The molecule has 1 aliphatic rings. The van der Waals surface area contributed by atoms with Crippen LogP contribution in [0.4, 0.5) is 0 Å². The van der Waals surface area contributed by atoms with Gasteiger partial charge in [-0.25, -0.2) is 0 Å². The van der Waals surface area contributed by atoms with Crippen molar-refractivity contribution >= 4 is 38.4 Å². The molecule has 1 heterocycles. The van der Waals surface area contributed by atoms with Crippen LogP contribution in [0.5, 0.6) is 0 Å². The van der Waals surface area contributed by atoms with E-state index in [1.807, 2.05) is 28.5 Å². The average molecular weight is 227 g/mol. The predicted molar refractivity (Wildman–Crippen MR) is 59.9 cm³/mol. The average Bonchev–Trinajstić information content (AvgIpc) is 2.57. The van der Waals surface area contributed by atoms with Crippen LogP contribution in [-0.4, -0.2) is 16.7 Å². The summed E-state index contributed by atoms with van der Waals surface area (Å²) in [6, 6.07) is 0. The van der Waals surface area contributed by atoms with E-state index >= 15 is 0 Å². The van der Waals surface area contributed by atoms with E-state index in [1.165, 1.54) is 17.9 Å². The third-order valence-electron chi connectivity index (χ3n) is 1.27. The van der Waals surface area contributed by atoms with Crippen molar-refractivity contribution in [1.29, 1.82) is 0 Å². The van der Waals surface area contributed by atoms with Gasteiger partial charge in [0, 0.05) is 17.9 Å². The van der Waals surface area contributed by atoms with Gasteiger partial charge in [0.1, 0.15) is 0 Å². The lowest BCUT2D eigenvalue weighted by Crippen LogP contribution is -1.82. The molecule has 0 aromatic heterocycles. The van der Waals surface area contributed by atoms with E-state index < -0.39 is 0 Å². The van der Waals surface area contributed by atoms with Gasteiger partial charge in [-0.3, -0.25) is 4.79 Å². The molecular weight excluding hydrogens is 212 g/mol. The summed E-state index contributed by atoms with van der Waals surface area (Å²) in [5.41, 5.74) is 0. The molecule has 0 unspecified atom stereocenters. The molecule has 0 aromatic rings. The van der Waals surface area contributed by atoms with Crippen LogP contribution in [0.2, 0.25) is 0 Å². The molecule has 4 heteroatoms. The van der Waals surface area contributed by atoms with Crippen LogP contribution in [0.25, 0.3) is 0 Å². The zero-order valence-corrected chi connectivity index (χ0v) is 9.73. The molecule has 1 nitrogen and oxygen atoms in total. The van der Waals surface area contributed by atoms with E-state index in [0.717, 1.165) is 12.8 Å². The summed E-state index contributed by atoms with van der Waals surface area (Å²) >= 11 is 5.02. The third kappa shape index (κ3) is 10.7. The fraction of sp³-hybridized carbons (Fsp3) is 0.875. The Bertz CT molecular complexity index is 108. The van der Waals surface area contributed by atoms with Gasteiger partial charge in [0.25, 0.3) is 0 Å². The second-order valence-corrected chi connectivity index (χ2v) is 5.58. The van der Waals surface area contributed by atoms with Gasteiger partial charge in [0.05, 0.1) is 0 Å². The highest BCUT2D eigenvalue weighted by Crippen LogP contribution is 2.29. The van der Waals surface area contributed by atoms with E-state index in [9.17, 15) is 4.79 Å². The minimum absolute atomic E-state index is 0.221. The van der Waals surface area contributed by atoms with Crippen LogP contribution in [0.1, 0.15) is 32.6 Å². The zero-order valence-electron chi connectivity index (χ0n) is 7.35. The van der Waals surface area contributed by atoms with Gasteiger partial charge in [0.2, 0.25) is 5.24 Å². The maximum atomic E-state index is 9.97. The standard InChI is InChI=1S/C5H9ClO.C3H6S2/c1-2-3-4-5(6)7;1-2-4-5-3-1/h2-4H2,1H3;1-3H2. The lowest BCUT2D eigenvalue weighted by molar-refractivity contribution is -0.111. The predicted octanol–water partition coefficient (Wildman–Crippen LogP) is 3.71. The molecule has 0 spiro atoms. The molecule has 1 aliphatic heterocycles. The van der Waals surface area contributed by atoms with E-state index in [1.54, 1.807) is 0 Å². The lowest BCUT2D eigenvalue weighted by atomic mass is 10.3. The molecule has 1 fully saturated rings. The summed E-state index contributed by atoms with van der Waals surface area (Å²) in [7, 11) is 3.98. The maximum Gasteiger partial charge on any atom is 0.221 e. The Labute approximate surface area is 87.4 Å². The molecular formula is C8H15ClOS2. The van der Waals surface area contributed by atoms with Crippen molar-refractivity contribution in [3.63, 3.8) is 0 Å². The molecule has 0 bridgehead atoms. The fourth-order valence-electron chi connectivity index (χ4n) is 0.610. The Kier molecular flexibility index (Phi) is 10.3. The minimum atomic E-state index is -0.221. The van der Waals surface area contributed by atoms with Gasteiger partial charge < -0.3 is 0 Å². The Hall–Kier alpha value is 0.660. The lowest BCUT2D eigenvalue weighted by Gasteiger charge is -1.84. The molecule has 12 heavy (non-hydrogen) atoms. The highest BCUT2D eigenvalue weighted by molar-refractivity contribution is 8.77. The van der Waals surface area contributed by atoms with Gasteiger partial charge in [-0.1, -0.05) is 34.9 Å². The van der Waals surface area contributed by atoms with Gasteiger partial charge >= 0.3 is 0 Å². The van der Waals surface area contributed by atoms with Crippen molar-refractivity contribution in [1.82, 2.24) is 0 Å². The van der Waals surface area contributed by atoms with Crippen molar-refractivity contribution in [3.8, 4) is 0 Å². The van der Waals surface area contributed by atoms with E-state index in [0.29, 0.717) is 6.42 Å². The molecule has 0 N–H and O–H groups in total. The first-order chi connectivity index (χ1) is 5.77. The zero-order chi connectivity index (χ0) is 9.23. The van der Waals surface area contributed by atoms with Crippen molar-refractivity contribution in [2.75, 3.05) is 11.5 Å². The number of unbranched alkanes of at least 4 members (excludes halogenated alkanes) is 1. The van der Waals surface area contributed by atoms with Crippen LogP contribution in [0.15, 0.2) is 0 Å². The summed E-state index contributed by atoms with van der Waals surface area (Å²) in [6.45, 7) is 2.03. The summed E-state index contributed by atoms with van der Waals surface area (Å²) in [5, 5.41) is -0.221. The van der Waals surface area contributed by atoms with Gasteiger partial charge in [0.15, 0.2) is 0 Å². The first-order valence-corrected chi connectivity index (χ1v) is 7.06. The van der Waals surface area contributed by atoms with Crippen molar-refractivity contribution in [2.45, 2.75) is 32.6 Å². The van der Waals surface area contributed by atoms with Crippen LogP contribution >= 0.6 is 33.2 Å². The second-order valence-electron chi connectivity index (χ2n) is 2.46. The molecule has 0 radical (unpaired) electrons. The minimum Gasteiger partial charge on any atom is -0.281 e. The summed E-state index contributed by atoms with van der Waals surface area (Å²) in [4.78, 5) is 9.97. The molecule has 1 saturated heterocycles. The summed E-state index contributed by atoms with van der Waals surface area (Å²) in [6.07, 6.45) is 3.91. The van der Waals surface area contributed by atoms with Gasteiger partial charge in [-0.2, -0.15) is 0 Å². The highest BCUT2D eigenvalue weighted by Gasteiger charge is 1.96. The van der Waals surface area contributed by atoms with E-state index in [4.69, 9.17) is 11.6 Å². The van der Waals surface area contributed by atoms with E-state index in [-0.39, 0.29) is 5.24 Å². The number of rotatable bonds is 3. The number of carbonyl (C=O) groups excluding carboxylic acids is 1. The van der Waals surface area contributed by atoms with Crippen LogP contribution in [-0.2, 0) is 4.79 Å². The monoisotopic (exact) mass is 226 g/mol. The Balaban J connectivity index is 0.000000211. The Morgan fingerprint density at radius 3 is 2.17 bits per heavy atom. The Morgan fingerprint density at radius 1 is 1.42 bits per heavy atom. The highest BCUT2D eigenvalue weighted by atomic mass is 35.5. The van der Waals surface area contributed by atoms with Crippen molar-refractivity contribution < 1.29 is 4.79 Å². The molecule has 0 saturated carbocycles. The molecule has 0 aromatic carbocycles. The van der Waals surface area contributed by atoms with E-state index in [2.05, 4.69) is 0 Å².